The zero-order chi connectivity index (χ0) is 22.3. The molecule has 3 aromatic rings. The lowest BCUT2D eigenvalue weighted by molar-refractivity contribution is 0.229. The first kappa shape index (κ1) is 22.4. The second-order valence-corrected chi connectivity index (χ2v) is 9.40. The van der Waals surface area contributed by atoms with Gasteiger partial charge in [-0.05, 0) is 44.4 Å². The molecule has 4 rings (SSSR count). The van der Waals surface area contributed by atoms with E-state index in [0.29, 0.717) is 0 Å². The molecular weight excluding hydrogens is 418 g/mol. The number of hydrogen-bond acceptors (Lipinski definition) is 4. The van der Waals surface area contributed by atoms with E-state index in [1.54, 1.807) is 11.8 Å². The molecule has 1 atom stereocenters. The van der Waals surface area contributed by atoms with Gasteiger partial charge in [0.25, 0.3) is 0 Å². The molecule has 0 saturated heterocycles. The molecular formula is C25H31N5OS. The molecule has 32 heavy (non-hydrogen) atoms. The summed E-state index contributed by atoms with van der Waals surface area (Å²) in [5.41, 5.74) is 3.42. The lowest BCUT2D eigenvalue weighted by Gasteiger charge is -2.24. The Balaban J connectivity index is 1.52. The van der Waals surface area contributed by atoms with Crippen molar-refractivity contribution in [2.75, 3.05) is 0 Å². The molecule has 0 bridgehead atoms. The summed E-state index contributed by atoms with van der Waals surface area (Å²) in [6, 6.07) is 18.5. The Labute approximate surface area is 194 Å². The quantitative estimate of drug-likeness (QED) is 0.463. The molecule has 2 amide bonds. The molecule has 2 aromatic carbocycles. The number of nitrogens with zero attached hydrogens (tertiary/aromatic N) is 3. The van der Waals surface area contributed by atoms with Crippen LogP contribution in [0.1, 0.15) is 62.0 Å². The van der Waals surface area contributed by atoms with Gasteiger partial charge in [0, 0.05) is 17.5 Å². The Morgan fingerprint density at radius 3 is 2.50 bits per heavy atom. The van der Waals surface area contributed by atoms with Crippen molar-refractivity contribution in [1.82, 2.24) is 25.4 Å². The number of rotatable bonds is 7. The molecule has 168 valence electrons. The number of carbonyl (C=O) groups excluding carboxylic acids is 1. The highest BCUT2D eigenvalue weighted by Gasteiger charge is 2.22. The number of amides is 2. The molecule has 1 aliphatic rings. The first-order valence-electron chi connectivity index (χ1n) is 11.4. The monoisotopic (exact) mass is 449 g/mol. The summed E-state index contributed by atoms with van der Waals surface area (Å²) in [6.07, 6.45) is 5.75. The molecule has 1 aliphatic carbocycles. The molecule has 0 radical (unpaired) electrons. The largest absolute Gasteiger partial charge is 0.335 e. The Morgan fingerprint density at radius 1 is 1.06 bits per heavy atom. The topological polar surface area (TPSA) is 71.8 Å². The third-order valence-corrected chi connectivity index (χ3v) is 6.84. The Hall–Kier alpha value is -2.80. The fourth-order valence-electron chi connectivity index (χ4n) is 4.05. The first-order valence-corrected chi connectivity index (χ1v) is 12.3. The summed E-state index contributed by atoms with van der Waals surface area (Å²) in [7, 11) is 0. The van der Waals surface area contributed by atoms with E-state index in [-0.39, 0.29) is 18.1 Å². The van der Waals surface area contributed by atoms with Gasteiger partial charge in [0.15, 0.2) is 11.0 Å². The fourth-order valence-corrected chi connectivity index (χ4v) is 4.96. The lowest BCUT2D eigenvalue weighted by atomic mass is 9.96. The molecule has 1 fully saturated rings. The van der Waals surface area contributed by atoms with E-state index in [1.165, 1.54) is 30.4 Å². The molecule has 1 saturated carbocycles. The Bertz CT molecular complexity index is 1010. The highest BCUT2D eigenvalue weighted by atomic mass is 32.2. The molecule has 2 N–H and O–H groups in total. The van der Waals surface area contributed by atoms with Crippen LogP contribution in [0.15, 0.2) is 59.8 Å². The van der Waals surface area contributed by atoms with Gasteiger partial charge in [-0.25, -0.2) is 4.79 Å². The predicted octanol–water partition coefficient (Wildman–Crippen LogP) is 5.56. The maximum absolute atomic E-state index is 12.6. The van der Waals surface area contributed by atoms with E-state index in [2.05, 4.69) is 68.7 Å². The zero-order valence-corrected chi connectivity index (χ0v) is 19.6. The van der Waals surface area contributed by atoms with Crippen molar-refractivity contribution in [1.29, 1.82) is 0 Å². The number of urea groups is 1. The predicted molar refractivity (Wildman–Crippen MR) is 129 cm³/mol. The minimum absolute atomic E-state index is 0.138. The highest BCUT2D eigenvalue weighted by Crippen LogP contribution is 2.28. The van der Waals surface area contributed by atoms with Crippen LogP contribution in [0, 0.1) is 6.92 Å². The van der Waals surface area contributed by atoms with Crippen LogP contribution in [0.3, 0.4) is 0 Å². The minimum Gasteiger partial charge on any atom is -0.335 e. The fraction of sp³-hybridized carbons (Fsp3) is 0.400. The summed E-state index contributed by atoms with van der Waals surface area (Å²) in [4.78, 5) is 12.6. The van der Waals surface area contributed by atoms with Gasteiger partial charge in [0.1, 0.15) is 0 Å². The molecule has 0 aliphatic heterocycles. The molecule has 7 heteroatoms. The van der Waals surface area contributed by atoms with Crippen molar-refractivity contribution in [2.24, 2.45) is 0 Å². The van der Waals surface area contributed by atoms with E-state index < -0.39 is 0 Å². The van der Waals surface area contributed by atoms with Crippen LogP contribution in [-0.4, -0.2) is 26.8 Å². The third kappa shape index (κ3) is 5.71. The SMILES string of the molecule is Cc1ccc(-n2c(SCc3ccccc3)nnc2C(C)NC(=O)NC2CCCCC2)cc1. The Kier molecular flexibility index (Phi) is 7.47. The van der Waals surface area contributed by atoms with Crippen molar-refractivity contribution in [3.8, 4) is 5.69 Å². The number of hydrogen-bond donors (Lipinski definition) is 2. The summed E-state index contributed by atoms with van der Waals surface area (Å²) in [5, 5.41) is 16.0. The first-order chi connectivity index (χ1) is 15.6. The van der Waals surface area contributed by atoms with Gasteiger partial charge in [-0.2, -0.15) is 0 Å². The normalized spacial score (nSPS) is 15.3. The van der Waals surface area contributed by atoms with Gasteiger partial charge in [-0.3, -0.25) is 4.57 Å². The number of aryl methyl sites for hydroxylation is 1. The number of thioether (sulfide) groups is 1. The van der Waals surface area contributed by atoms with Gasteiger partial charge in [0.2, 0.25) is 0 Å². The summed E-state index contributed by atoms with van der Waals surface area (Å²) in [5.74, 6) is 1.53. The number of nitrogens with one attached hydrogen (secondary N) is 2. The van der Waals surface area contributed by atoms with E-state index in [0.717, 1.165) is 35.3 Å². The number of aromatic nitrogens is 3. The standard InChI is InChI=1S/C25H31N5OS/c1-18-13-15-22(16-14-18)30-23(19(2)26-24(31)27-21-11-7-4-8-12-21)28-29-25(30)32-17-20-9-5-3-6-10-20/h3,5-6,9-10,13-16,19,21H,4,7-8,11-12,17H2,1-2H3,(H2,26,27,31). The summed E-state index contributed by atoms with van der Waals surface area (Å²) < 4.78 is 2.05. The van der Waals surface area contributed by atoms with Gasteiger partial charge >= 0.3 is 6.03 Å². The van der Waals surface area contributed by atoms with Crippen molar-refractivity contribution >= 4 is 17.8 Å². The van der Waals surface area contributed by atoms with Crippen molar-refractivity contribution in [3.05, 3.63) is 71.5 Å². The van der Waals surface area contributed by atoms with E-state index in [1.807, 2.05) is 25.1 Å². The second kappa shape index (κ2) is 10.7. The van der Waals surface area contributed by atoms with Gasteiger partial charge < -0.3 is 10.6 Å². The van der Waals surface area contributed by atoms with Crippen LogP contribution in [0.5, 0.6) is 0 Å². The lowest BCUT2D eigenvalue weighted by Crippen LogP contribution is -2.44. The van der Waals surface area contributed by atoms with Crippen LogP contribution >= 0.6 is 11.8 Å². The third-order valence-electron chi connectivity index (χ3n) is 5.84. The summed E-state index contributed by atoms with van der Waals surface area (Å²) >= 11 is 1.65. The van der Waals surface area contributed by atoms with Crippen molar-refractivity contribution in [3.63, 3.8) is 0 Å². The van der Waals surface area contributed by atoms with E-state index in [4.69, 9.17) is 0 Å². The van der Waals surface area contributed by atoms with Gasteiger partial charge in [0.05, 0.1) is 6.04 Å². The molecule has 0 spiro atoms. The Morgan fingerprint density at radius 2 is 1.78 bits per heavy atom. The zero-order valence-electron chi connectivity index (χ0n) is 18.8. The number of carbonyl (C=O) groups is 1. The highest BCUT2D eigenvalue weighted by molar-refractivity contribution is 7.98. The van der Waals surface area contributed by atoms with Crippen molar-refractivity contribution in [2.45, 2.75) is 68.9 Å². The van der Waals surface area contributed by atoms with Crippen molar-refractivity contribution < 1.29 is 4.79 Å². The second-order valence-electron chi connectivity index (χ2n) is 8.46. The maximum Gasteiger partial charge on any atom is 0.315 e. The van der Waals surface area contributed by atoms with E-state index >= 15 is 0 Å². The summed E-state index contributed by atoms with van der Waals surface area (Å²) in [6.45, 7) is 4.03. The average molecular weight is 450 g/mol. The van der Waals surface area contributed by atoms with Gasteiger partial charge in [-0.1, -0.05) is 79.1 Å². The van der Waals surface area contributed by atoms with Crippen LogP contribution in [-0.2, 0) is 5.75 Å². The molecule has 1 unspecified atom stereocenters. The van der Waals surface area contributed by atoms with Crippen LogP contribution < -0.4 is 10.6 Å². The maximum atomic E-state index is 12.6. The molecule has 6 nitrogen and oxygen atoms in total. The van der Waals surface area contributed by atoms with Gasteiger partial charge in [-0.15, -0.1) is 10.2 Å². The number of benzene rings is 2. The molecule has 1 aromatic heterocycles. The van der Waals surface area contributed by atoms with Crippen LogP contribution in [0.4, 0.5) is 4.79 Å². The van der Waals surface area contributed by atoms with E-state index in [9.17, 15) is 4.79 Å². The smallest absolute Gasteiger partial charge is 0.315 e. The minimum atomic E-state index is -0.279. The van der Waals surface area contributed by atoms with Crippen LogP contribution in [0.25, 0.3) is 5.69 Å². The molecule has 1 heterocycles. The van der Waals surface area contributed by atoms with Crippen LogP contribution in [0.2, 0.25) is 0 Å². The average Bonchev–Trinajstić information content (AvgIpc) is 3.23.